The third-order valence-corrected chi connectivity index (χ3v) is 5.08. The molecular formula is C22H23N7O2. The zero-order chi connectivity index (χ0) is 21.8. The lowest BCUT2D eigenvalue weighted by Crippen LogP contribution is -2.19. The quantitative estimate of drug-likeness (QED) is 0.620. The summed E-state index contributed by atoms with van der Waals surface area (Å²) >= 11 is 0. The molecule has 31 heavy (non-hydrogen) atoms. The lowest BCUT2D eigenvalue weighted by Gasteiger charge is -2.18. The highest BCUT2D eigenvalue weighted by atomic mass is 16.5. The van der Waals surface area contributed by atoms with Crippen LogP contribution in [0, 0.1) is 18.3 Å². The van der Waals surface area contributed by atoms with Gasteiger partial charge in [0.1, 0.15) is 17.4 Å². The summed E-state index contributed by atoms with van der Waals surface area (Å²) in [5.41, 5.74) is 7.07. The molecule has 0 saturated carbocycles. The minimum absolute atomic E-state index is 0.0837. The smallest absolute Gasteiger partial charge is 0.224 e. The second-order valence-corrected chi connectivity index (χ2v) is 7.32. The van der Waals surface area contributed by atoms with Crippen LogP contribution in [0.5, 0.6) is 11.6 Å². The summed E-state index contributed by atoms with van der Waals surface area (Å²) < 4.78 is 6.11. The molecule has 1 fully saturated rings. The van der Waals surface area contributed by atoms with Crippen LogP contribution in [-0.4, -0.2) is 44.7 Å². The summed E-state index contributed by atoms with van der Waals surface area (Å²) in [6.07, 6.45) is 4.52. The molecule has 2 aromatic heterocycles. The topological polar surface area (TPSA) is 134 Å². The maximum atomic E-state index is 9.87. The van der Waals surface area contributed by atoms with Crippen LogP contribution in [-0.2, 0) is 0 Å². The molecule has 9 heteroatoms. The molecule has 4 rings (SSSR count). The lowest BCUT2D eigenvalue weighted by molar-refractivity contribution is 0.186. The van der Waals surface area contributed by atoms with Crippen molar-refractivity contribution in [2.45, 2.75) is 25.9 Å². The Balaban J connectivity index is 1.69. The molecule has 0 bridgehead atoms. The van der Waals surface area contributed by atoms with Crippen LogP contribution in [0.1, 0.15) is 35.9 Å². The number of aryl methyl sites for hydroxylation is 1. The van der Waals surface area contributed by atoms with E-state index in [1.165, 1.54) is 12.4 Å². The predicted octanol–water partition coefficient (Wildman–Crippen LogP) is 2.50. The van der Waals surface area contributed by atoms with Gasteiger partial charge in [-0.3, -0.25) is 0 Å². The molecule has 0 radical (unpaired) electrons. The van der Waals surface area contributed by atoms with E-state index in [0.717, 1.165) is 31.7 Å². The first-order valence-corrected chi connectivity index (χ1v) is 10.1. The van der Waals surface area contributed by atoms with Crippen molar-refractivity contribution in [1.82, 2.24) is 19.9 Å². The average Bonchev–Trinajstić information content (AvgIpc) is 3.33. The first-order chi connectivity index (χ1) is 15.1. The molecule has 3 N–H and O–H groups in total. The molecule has 1 aliphatic rings. The highest BCUT2D eigenvalue weighted by Crippen LogP contribution is 2.33. The van der Waals surface area contributed by atoms with Crippen LogP contribution in [0.15, 0.2) is 36.7 Å². The number of hydrogen-bond donors (Lipinski definition) is 2. The van der Waals surface area contributed by atoms with Gasteiger partial charge in [0.25, 0.3) is 0 Å². The zero-order valence-electron chi connectivity index (χ0n) is 17.2. The van der Waals surface area contributed by atoms with Crippen LogP contribution >= 0.6 is 0 Å². The van der Waals surface area contributed by atoms with Crippen molar-refractivity contribution in [2.75, 3.05) is 24.5 Å². The minimum Gasteiger partial charge on any atom is -0.438 e. The minimum atomic E-state index is -0.821. The van der Waals surface area contributed by atoms with Crippen molar-refractivity contribution >= 4 is 5.82 Å². The summed E-state index contributed by atoms with van der Waals surface area (Å²) in [6, 6.07) is 8.97. The number of nitrogens with two attached hydrogens (primary N) is 1. The second-order valence-electron chi connectivity index (χ2n) is 7.32. The normalized spacial score (nSPS) is 14.3. The fourth-order valence-electron chi connectivity index (χ4n) is 3.44. The van der Waals surface area contributed by atoms with E-state index in [1.807, 2.05) is 13.0 Å². The largest absolute Gasteiger partial charge is 0.438 e. The number of benzene rings is 1. The van der Waals surface area contributed by atoms with Crippen LogP contribution in [0.2, 0.25) is 0 Å². The second kappa shape index (κ2) is 9.04. The van der Waals surface area contributed by atoms with Gasteiger partial charge in [-0.25, -0.2) is 15.0 Å². The van der Waals surface area contributed by atoms with Crippen LogP contribution < -0.4 is 15.4 Å². The lowest BCUT2D eigenvalue weighted by atomic mass is 10.1. The van der Waals surface area contributed by atoms with E-state index in [2.05, 4.69) is 30.9 Å². The molecule has 9 nitrogen and oxygen atoms in total. The third kappa shape index (κ3) is 4.60. The monoisotopic (exact) mass is 417 g/mol. The zero-order valence-corrected chi connectivity index (χ0v) is 17.2. The summed E-state index contributed by atoms with van der Waals surface area (Å²) in [4.78, 5) is 19.8. The van der Waals surface area contributed by atoms with E-state index in [9.17, 15) is 10.4 Å². The molecule has 3 heterocycles. The summed E-state index contributed by atoms with van der Waals surface area (Å²) in [5, 5.41) is 19.2. The number of aromatic nitrogens is 4. The van der Waals surface area contributed by atoms with E-state index in [0.29, 0.717) is 40.0 Å². The Hall–Kier alpha value is -3.61. The first kappa shape index (κ1) is 20.7. The van der Waals surface area contributed by atoms with E-state index in [4.69, 9.17) is 10.5 Å². The molecule has 0 aliphatic carbocycles. The highest BCUT2D eigenvalue weighted by molar-refractivity contribution is 5.66. The Morgan fingerprint density at radius 3 is 2.61 bits per heavy atom. The number of nitrogens with zero attached hydrogens (tertiary/aromatic N) is 6. The summed E-state index contributed by atoms with van der Waals surface area (Å²) in [7, 11) is 0. The van der Waals surface area contributed by atoms with Crippen molar-refractivity contribution in [3.8, 4) is 29.1 Å². The fraction of sp³-hybridized carbons (Fsp3) is 0.318. The van der Waals surface area contributed by atoms with Crippen molar-refractivity contribution in [1.29, 1.82) is 5.26 Å². The molecule has 1 aromatic carbocycles. The van der Waals surface area contributed by atoms with Gasteiger partial charge in [-0.2, -0.15) is 10.2 Å². The number of hydrogen-bond acceptors (Lipinski definition) is 9. The Morgan fingerprint density at radius 1 is 1.19 bits per heavy atom. The Labute approximate surface area is 180 Å². The standard InChI is InChI=1S/C22H23N7O2/c1-14-27-20(29-6-2-3-7-29)9-21(28-14)31-19-8-15(10-23)4-5-17(19)22-25-12-16(13-26-22)18(30)11-24/h4-5,8-9,12-13,18,30H,2-3,6-7,11,24H2,1H3/t18-/m1/s1. The van der Waals surface area contributed by atoms with Gasteiger partial charge in [-0.1, -0.05) is 0 Å². The van der Waals surface area contributed by atoms with Crippen molar-refractivity contribution < 1.29 is 9.84 Å². The average molecular weight is 417 g/mol. The number of ether oxygens (including phenoxy) is 1. The van der Waals surface area contributed by atoms with E-state index in [-0.39, 0.29) is 6.54 Å². The SMILES string of the molecule is Cc1nc(Oc2cc(C#N)ccc2-c2ncc([C@H](O)CN)cn2)cc(N2CCCC2)n1. The van der Waals surface area contributed by atoms with E-state index >= 15 is 0 Å². The van der Waals surface area contributed by atoms with Gasteiger partial charge in [0.15, 0.2) is 5.82 Å². The van der Waals surface area contributed by atoms with Gasteiger partial charge >= 0.3 is 0 Å². The summed E-state index contributed by atoms with van der Waals surface area (Å²) in [6.45, 7) is 3.82. The van der Waals surface area contributed by atoms with Crippen LogP contribution in [0.4, 0.5) is 5.82 Å². The van der Waals surface area contributed by atoms with Crippen LogP contribution in [0.25, 0.3) is 11.4 Å². The predicted molar refractivity (Wildman–Crippen MR) is 114 cm³/mol. The molecule has 3 aromatic rings. The van der Waals surface area contributed by atoms with Crippen LogP contribution in [0.3, 0.4) is 0 Å². The maximum absolute atomic E-state index is 9.87. The Bertz CT molecular complexity index is 1110. The molecule has 158 valence electrons. The highest BCUT2D eigenvalue weighted by Gasteiger charge is 2.18. The maximum Gasteiger partial charge on any atom is 0.224 e. The van der Waals surface area contributed by atoms with Gasteiger partial charge in [0, 0.05) is 43.7 Å². The Kier molecular flexibility index (Phi) is 6.02. The number of aliphatic hydroxyl groups is 1. The molecule has 0 unspecified atom stereocenters. The summed E-state index contributed by atoms with van der Waals surface area (Å²) in [5.74, 6) is 2.64. The first-order valence-electron chi connectivity index (χ1n) is 10.1. The van der Waals surface area contributed by atoms with E-state index < -0.39 is 6.10 Å². The number of aliphatic hydroxyl groups excluding tert-OH is 1. The van der Waals surface area contributed by atoms with Gasteiger partial charge in [-0.15, -0.1) is 0 Å². The van der Waals surface area contributed by atoms with E-state index in [1.54, 1.807) is 18.2 Å². The van der Waals surface area contributed by atoms with Crippen molar-refractivity contribution in [3.05, 3.63) is 53.6 Å². The van der Waals surface area contributed by atoms with Gasteiger partial charge < -0.3 is 20.5 Å². The molecule has 0 spiro atoms. The molecule has 1 aliphatic heterocycles. The van der Waals surface area contributed by atoms with Gasteiger partial charge in [-0.05, 0) is 38.0 Å². The fourth-order valence-corrected chi connectivity index (χ4v) is 3.44. The molecule has 1 atom stereocenters. The number of anilines is 1. The van der Waals surface area contributed by atoms with Crippen molar-refractivity contribution in [2.24, 2.45) is 5.73 Å². The van der Waals surface area contributed by atoms with Gasteiger partial charge in [0.2, 0.25) is 5.88 Å². The molecular weight excluding hydrogens is 394 g/mol. The van der Waals surface area contributed by atoms with Gasteiger partial charge in [0.05, 0.1) is 23.3 Å². The number of rotatable bonds is 6. The number of nitriles is 1. The molecule has 0 amide bonds. The molecule has 1 saturated heterocycles. The third-order valence-electron chi connectivity index (χ3n) is 5.08. The Morgan fingerprint density at radius 2 is 1.94 bits per heavy atom. The van der Waals surface area contributed by atoms with Crippen molar-refractivity contribution in [3.63, 3.8) is 0 Å².